The third-order valence-corrected chi connectivity index (χ3v) is 4.55. The molecule has 2 rings (SSSR count). The van der Waals surface area contributed by atoms with E-state index in [0.717, 1.165) is 24.6 Å². The second-order valence-corrected chi connectivity index (χ2v) is 5.93. The van der Waals surface area contributed by atoms with E-state index in [4.69, 9.17) is 0 Å². The molecule has 1 amide bonds. The van der Waals surface area contributed by atoms with Crippen molar-refractivity contribution >= 4 is 5.91 Å². The summed E-state index contributed by atoms with van der Waals surface area (Å²) in [5.41, 5.74) is 3.36. The fraction of sp³-hybridized carbons (Fsp3) is 0.750. The van der Waals surface area contributed by atoms with E-state index in [9.17, 15) is 4.79 Å². The Kier molecular flexibility index (Phi) is 5.21. The van der Waals surface area contributed by atoms with Gasteiger partial charge in [0.25, 0.3) is 0 Å². The van der Waals surface area contributed by atoms with Gasteiger partial charge in [-0.15, -0.1) is 0 Å². The van der Waals surface area contributed by atoms with E-state index in [2.05, 4.69) is 24.3 Å². The molecule has 1 aliphatic carbocycles. The Morgan fingerprint density at radius 1 is 1.35 bits per heavy atom. The van der Waals surface area contributed by atoms with Crippen LogP contribution < -0.4 is 5.32 Å². The van der Waals surface area contributed by atoms with Gasteiger partial charge < -0.3 is 5.32 Å². The van der Waals surface area contributed by atoms with Crippen molar-refractivity contribution < 1.29 is 4.79 Å². The van der Waals surface area contributed by atoms with Crippen LogP contribution >= 0.6 is 0 Å². The molecule has 4 heteroatoms. The Bertz CT molecular complexity index is 459. The predicted molar refractivity (Wildman–Crippen MR) is 80.4 cm³/mol. The van der Waals surface area contributed by atoms with Crippen LogP contribution in [0.2, 0.25) is 0 Å². The lowest BCUT2D eigenvalue weighted by molar-refractivity contribution is -0.121. The SMILES string of the molecule is CCn1nc(C)c(CNC(=O)CCC2CCCC2)c1C. The van der Waals surface area contributed by atoms with Gasteiger partial charge in [0, 0.05) is 30.8 Å². The summed E-state index contributed by atoms with van der Waals surface area (Å²) in [4.78, 5) is 11.9. The number of nitrogens with zero attached hydrogens (tertiary/aromatic N) is 2. The van der Waals surface area contributed by atoms with Crippen LogP contribution in [0.4, 0.5) is 0 Å². The van der Waals surface area contributed by atoms with Gasteiger partial charge in [0.1, 0.15) is 0 Å². The van der Waals surface area contributed by atoms with Crippen molar-refractivity contribution in [2.24, 2.45) is 5.92 Å². The topological polar surface area (TPSA) is 46.9 Å². The van der Waals surface area contributed by atoms with Crippen LogP contribution in [-0.2, 0) is 17.9 Å². The Labute approximate surface area is 121 Å². The third-order valence-electron chi connectivity index (χ3n) is 4.55. The number of carbonyl (C=O) groups is 1. The monoisotopic (exact) mass is 277 g/mol. The molecule has 1 fully saturated rings. The summed E-state index contributed by atoms with van der Waals surface area (Å²) in [5, 5.41) is 7.53. The molecule has 1 aromatic rings. The molecular formula is C16H27N3O. The lowest BCUT2D eigenvalue weighted by Gasteiger charge is -2.09. The molecule has 0 saturated heterocycles. The van der Waals surface area contributed by atoms with Gasteiger partial charge in [-0.25, -0.2) is 0 Å². The summed E-state index contributed by atoms with van der Waals surface area (Å²) in [6.07, 6.45) is 7.05. The number of hydrogen-bond donors (Lipinski definition) is 1. The van der Waals surface area contributed by atoms with Crippen LogP contribution in [0.5, 0.6) is 0 Å². The van der Waals surface area contributed by atoms with Crippen molar-refractivity contribution in [1.82, 2.24) is 15.1 Å². The molecule has 0 spiro atoms. The van der Waals surface area contributed by atoms with Crippen LogP contribution in [0, 0.1) is 19.8 Å². The van der Waals surface area contributed by atoms with Gasteiger partial charge in [0.2, 0.25) is 5.91 Å². The number of carbonyl (C=O) groups excluding carboxylic acids is 1. The van der Waals surface area contributed by atoms with Gasteiger partial charge in [-0.05, 0) is 33.1 Å². The minimum Gasteiger partial charge on any atom is -0.352 e. The van der Waals surface area contributed by atoms with E-state index < -0.39 is 0 Å². The highest BCUT2D eigenvalue weighted by molar-refractivity contribution is 5.75. The van der Waals surface area contributed by atoms with Gasteiger partial charge in [0.15, 0.2) is 0 Å². The van der Waals surface area contributed by atoms with Crippen LogP contribution in [0.15, 0.2) is 0 Å². The van der Waals surface area contributed by atoms with Crippen LogP contribution in [-0.4, -0.2) is 15.7 Å². The first-order valence-corrected chi connectivity index (χ1v) is 7.91. The fourth-order valence-electron chi connectivity index (χ4n) is 3.21. The van der Waals surface area contributed by atoms with Gasteiger partial charge in [-0.1, -0.05) is 25.7 Å². The zero-order chi connectivity index (χ0) is 14.5. The largest absolute Gasteiger partial charge is 0.352 e. The molecule has 0 unspecified atom stereocenters. The van der Waals surface area contributed by atoms with Crippen molar-refractivity contribution in [3.8, 4) is 0 Å². The quantitative estimate of drug-likeness (QED) is 0.868. The summed E-state index contributed by atoms with van der Waals surface area (Å²) in [6, 6.07) is 0. The number of hydrogen-bond acceptors (Lipinski definition) is 2. The Morgan fingerprint density at radius 2 is 2.05 bits per heavy atom. The lowest BCUT2D eigenvalue weighted by atomic mass is 10.0. The summed E-state index contributed by atoms with van der Waals surface area (Å²) in [6.45, 7) is 7.66. The molecule has 0 atom stereocenters. The van der Waals surface area contributed by atoms with E-state index in [0.29, 0.717) is 13.0 Å². The van der Waals surface area contributed by atoms with Crippen LogP contribution in [0.1, 0.15) is 62.4 Å². The first kappa shape index (κ1) is 15.1. The molecule has 1 aromatic heterocycles. The molecule has 20 heavy (non-hydrogen) atoms. The van der Waals surface area contributed by atoms with Crippen molar-refractivity contribution in [2.75, 3.05) is 0 Å². The number of aryl methyl sites for hydroxylation is 2. The Morgan fingerprint density at radius 3 is 2.65 bits per heavy atom. The highest BCUT2D eigenvalue weighted by Gasteiger charge is 2.16. The normalized spacial score (nSPS) is 15.8. The molecule has 0 aliphatic heterocycles. The molecule has 1 heterocycles. The zero-order valence-electron chi connectivity index (χ0n) is 13.0. The summed E-state index contributed by atoms with van der Waals surface area (Å²) < 4.78 is 2.00. The molecular weight excluding hydrogens is 250 g/mol. The smallest absolute Gasteiger partial charge is 0.220 e. The summed E-state index contributed by atoms with van der Waals surface area (Å²) in [5.74, 6) is 0.965. The molecule has 0 aromatic carbocycles. The summed E-state index contributed by atoms with van der Waals surface area (Å²) in [7, 11) is 0. The molecule has 0 radical (unpaired) electrons. The van der Waals surface area contributed by atoms with Crippen molar-refractivity contribution in [1.29, 1.82) is 0 Å². The highest BCUT2D eigenvalue weighted by Crippen LogP contribution is 2.28. The standard InChI is InChI=1S/C16H27N3O/c1-4-19-13(3)15(12(2)18-19)11-17-16(20)10-9-14-7-5-6-8-14/h14H,4-11H2,1-3H3,(H,17,20). The molecule has 1 N–H and O–H groups in total. The minimum absolute atomic E-state index is 0.181. The second-order valence-electron chi connectivity index (χ2n) is 5.93. The number of amides is 1. The number of aromatic nitrogens is 2. The second kappa shape index (κ2) is 6.91. The summed E-state index contributed by atoms with van der Waals surface area (Å²) >= 11 is 0. The van der Waals surface area contributed by atoms with Crippen molar-refractivity contribution in [3.05, 3.63) is 17.0 Å². The highest BCUT2D eigenvalue weighted by atomic mass is 16.1. The van der Waals surface area contributed by atoms with E-state index >= 15 is 0 Å². The lowest BCUT2D eigenvalue weighted by Crippen LogP contribution is -2.23. The maximum atomic E-state index is 11.9. The molecule has 0 bridgehead atoms. The molecule has 112 valence electrons. The van der Waals surface area contributed by atoms with Crippen LogP contribution in [0.25, 0.3) is 0 Å². The number of rotatable bonds is 6. The van der Waals surface area contributed by atoms with E-state index in [-0.39, 0.29) is 5.91 Å². The predicted octanol–water partition coefficient (Wildman–Crippen LogP) is 3.11. The first-order chi connectivity index (χ1) is 9.61. The first-order valence-electron chi connectivity index (χ1n) is 7.91. The number of nitrogens with one attached hydrogen (secondary N) is 1. The van der Waals surface area contributed by atoms with E-state index in [1.54, 1.807) is 0 Å². The van der Waals surface area contributed by atoms with Crippen LogP contribution in [0.3, 0.4) is 0 Å². The molecule has 1 saturated carbocycles. The average Bonchev–Trinajstić information content (AvgIpc) is 3.03. The van der Waals surface area contributed by atoms with Crippen molar-refractivity contribution in [3.63, 3.8) is 0 Å². The molecule has 1 aliphatic rings. The van der Waals surface area contributed by atoms with Gasteiger partial charge in [-0.3, -0.25) is 9.48 Å². The van der Waals surface area contributed by atoms with Gasteiger partial charge in [-0.2, -0.15) is 5.10 Å². The average molecular weight is 277 g/mol. The van der Waals surface area contributed by atoms with E-state index in [1.807, 2.05) is 11.6 Å². The molecule has 4 nitrogen and oxygen atoms in total. The van der Waals surface area contributed by atoms with Gasteiger partial charge in [0.05, 0.1) is 5.69 Å². The third kappa shape index (κ3) is 3.62. The maximum Gasteiger partial charge on any atom is 0.220 e. The van der Waals surface area contributed by atoms with E-state index in [1.165, 1.54) is 36.9 Å². The zero-order valence-corrected chi connectivity index (χ0v) is 13.0. The maximum absolute atomic E-state index is 11.9. The van der Waals surface area contributed by atoms with Gasteiger partial charge >= 0.3 is 0 Å². The van der Waals surface area contributed by atoms with Crippen molar-refractivity contribution in [2.45, 2.75) is 72.4 Å². The fourth-order valence-corrected chi connectivity index (χ4v) is 3.21. The Balaban J connectivity index is 1.79. The minimum atomic E-state index is 0.181. The Hall–Kier alpha value is -1.32.